The van der Waals surface area contributed by atoms with E-state index >= 15 is 0 Å². The van der Waals surface area contributed by atoms with Gasteiger partial charge in [-0.3, -0.25) is 9.59 Å². The molecular formula is C26H38ClF3N4O5. The molecule has 0 bridgehead atoms. The predicted molar refractivity (Wildman–Crippen MR) is 139 cm³/mol. The van der Waals surface area contributed by atoms with Gasteiger partial charge in [-0.2, -0.15) is 0 Å². The topological polar surface area (TPSA) is 102 Å². The van der Waals surface area contributed by atoms with Crippen molar-refractivity contribution in [2.24, 2.45) is 11.8 Å². The van der Waals surface area contributed by atoms with E-state index in [0.717, 1.165) is 0 Å². The van der Waals surface area contributed by atoms with Gasteiger partial charge in [-0.1, -0.05) is 32.4 Å². The van der Waals surface area contributed by atoms with Gasteiger partial charge in [0.2, 0.25) is 0 Å². The number of hydrogen-bond acceptors (Lipinski definition) is 7. The molecule has 3 atom stereocenters. The maximum Gasteiger partial charge on any atom is 0.410 e. The number of rotatable bonds is 8. The third-order valence-corrected chi connectivity index (χ3v) is 6.37. The van der Waals surface area contributed by atoms with Crippen LogP contribution in [0.2, 0.25) is 5.15 Å². The Hall–Kier alpha value is -2.63. The number of hydrogen-bond donors (Lipinski definition) is 0. The minimum atomic E-state index is -3.21. The summed E-state index contributed by atoms with van der Waals surface area (Å²) in [6.07, 6.45) is -5.41. The van der Waals surface area contributed by atoms with Crippen molar-refractivity contribution in [1.82, 2.24) is 19.8 Å². The van der Waals surface area contributed by atoms with Gasteiger partial charge in [-0.05, 0) is 33.1 Å². The first kappa shape index (κ1) is 32.6. The number of halogens is 4. The Labute approximate surface area is 232 Å². The fourth-order valence-corrected chi connectivity index (χ4v) is 4.39. The Morgan fingerprint density at radius 2 is 1.79 bits per heavy atom. The number of amides is 2. The van der Waals surface area contributed by atoms with Crippen molar-refractivity contribution < 1.29 is 37.0 Å². The van der Waals surface area contributed by atoms with Crippen molar-refractivity contribution in [3.05, 3.63) is 22.7 Å². The summed E-state index contributed by atoms with van der Waals surface area (Å²) in [5, 5.41) is -0.123. The number of piperidine rings is 1. The van der Waals surface area contributed by atoms with Gasteiger partial charge >= 0.3 is 12.1 Å². The smallest absolute Gasteiger partial charge is 0.410 e. The predicted octanol–water partition coefficient (Wildman–Crippen LogP) is 4.91. The molecule has 1 saturated heterocycles. The van der Waals surface area contributed by atoms with Crippen LogP contribution in [0.3, 0.4) is 0 Å². The number of methoxy groups -OCH3 is 1. The molecule has 0 aromatic carbocycles. The second-order valence-electron chi connectivity index (χ2n) is 11.7. The van der Waals surface area contributed by atoms with Gasteiger partial charge < -0.3 is 19.3 Å². The maximum atomic E-state index is 13.9. The second-order valence-corrected chi connectivity index (χ2v) is 12.1. The largest absolute Gasteiger partial charge is 0.469 e. The van der Waals surface area contributed by atoms with E-state index in [2.05, 4.69) is 9.97 Å². The maximum absolute atomic E-state index is 13.9. The van der Waals surface area contributed by atoms with Crippen LogP contribution in [-0.2, 0) is 19.7 Å². The van der Waals surface area contributed by atoms with Crippen molar-refractivity contribution in [2.75, 3.05) is 33.3 Å². The SMILES string of the molecule is COC(=O)[C@@H]1CC(CN(CCC(F)C(F)F)C(=O)c2cnc(C(C)(C)C)nc2Cl)CN(C(=O)OC(C)(C)C)C1. The highest BCUT2D eigenvalue weighted by Gasteiger charge is 2.38. The van der Waals surface area contributed by atoms with Crippen molar-refractivity contribution in [2.45, 2.75) is 78.0 Å². The zero-order valence-electron chi connectivity index (χ0n) is 23.5. The Morgan fingerprint density at radius 3 is 2.31 bits per heavy atom. The molecule has 2 amide bonds. The van der Waals surface area contributed by atoms with Gasteiger partial charge in [-0.15, -0.1) is 0 Å². The average molecular weight is 579 g/mol. The summed E-state index contributed by atoms with van der Waals surface area (Å²) >= 11 is 6.32. The van der Waals surface area contributed by atoms with Crippen LogP contribution in [0.25, 0.3) is 0 Å². The monoisotopic (exact) mass is 578 g/mol. The Morgan fingerprint density at radius 1 is 1.15 bits per heavy atom. The average Bonchev–Trinajstić information content (AvgIpc) is 2.83. The van der Waals surface area contributed by atoms with Crippen LogP contribution in [-0.4, -0.2) is 89.2 Å². The van der Waals surface area contributed by atoms with E-state index in [-0.39, 0.29) is 43.3 Å². The van der Waals surface area contributed by atoms with Crippen molar-refractivity contribution in [3.8, 4) is 0 Å². The third kappa shape index (κ3) is 9.51. The van der Waals surface area contributed by atoms with Crippen LogP contribution in [0, 0.1) is 11.8 Å². The summed E-state index contributed by atoms with van der Waals surface area (Å²) in [5.74, 6) is -1.99. The van der Waals surface area contributed by atoms with Gasteiger partial charge in [0.05, 0.1) is 18.6 Å². The van der Waals surface area contributed by atoms with E-state index in [4.69, 9.17) is 21.1 Å². The molecule has 9 nitrogen and oxygen atoms in total. The highest BCUT2D eigenvalue weighted by Crippen LogP contribution is 2.28. The van der Waals surface area contributed by atoms with Crippen LogP contribution in [0.5, 0.6) is 0 Å². The van der Waals surface area contributed by atoms with Crippen molar-refractivity contribution in [3.63, 3.8) is 0 Å². The van der Waals surface area contributed by atoms with Crippen LogP contribution in [0.1, 0.15) is 70.6 Å². The number of aromatic nitrogens is 2. The molecule has 2 rings (SSSR count). The zero-order chi connectivity index (χ0) is 29.7. The molecule has 13 heteroatoms. The highest BCUT2D eigenvalue weighted by molar-refractivity contribution is 6.32. The summed E-state index contributed by atoms with van der Waals surface area (Å²) in [6.45, 7) is 10.5. The minimum absolute atomic E-state index is 0.0535. The summed E-state index contributed by atoms with van der Waals surface area (Å²) in [6, 6.07) is 0. The van der Waals surface area contributed by atoms with E-state index in [9.17, 15) is 27.6 Å². The number of esters is 1. The Balaban J connectivity index is 2.36. The molecule has 0 saturated carbocycles. The van der Waals surface area contributed by atoms with Crippen molar-refractivity contribution in [1.29, 1.82) is 0 Å². The van der Waals surface area contributed by atoms with Crippen LogP contribution < -0.4 is 0 Å². The molecule has 0 radical (unpaired) electrons. The molecular weight excluding hydrogens is 541 g/mol. The molecule has 39 heavy (non-hydrogen) atoms. The van der Waals surface area contributed by atoms with E-state index < -0.39 is 59.8 Å². The first-order chi connectivity index (χ1) is 17.9. The Bertz CT molecular complexity index is 1030. The zero-order valence-corrected chi connectivity index (χ0v) is 24.2. The lowest BCUT2D eigenvalue weighted by Crippen LogP contribution is -2.51. The molecule has 1 aromatic heterocycles. The number of carbonyl (C=O) groups is 3. The Kier molecular flexibility index (Phi) is 11.0. The van der Waals surface area contributed by atoms with Crippen LogP contribution in [0.4, 0.5) is 18.0 Å². The second kappa shape index (κ2) is 13.1. The van der Waals surface area contributed by atoms with Crippen LogP contribution in [0.15, 0.2) is 6.20 Å². The van der Waals surface area contributed by atoms with Crippen LogP contribution >= 0.6 is 11.6 Å². The number of ether oxygens (including phenoxy) is 2. The molecule has 220 valence electrons. The quantitative estimate of drug-likeness (QED) is 0.319. The lowest BCUT2D eigenvalue weighted by Gasteiger charge is -2.39. The molecule has 0 spiro atoms. The normalized spacial score (nSPS) is 19.0. The van der Waals surface area contributed by atoms with Gasteiger partial charge in [-0.25, -0.2) is 27.9 Å². The minimum Gasteiger partial charge on any atom is -0.469 e. The van der Waals surface area contributed by atoms with E-state index in [0.29, 0.717) is 5.82 Å². The first-order valence-corrected chi connectivity index (χ1v) is 13.1. The molecule has 1 aromatic rings. The third-order valence-electron chi connectivity index (χ3n) is 6.08. The first-order valence-electron chi connectivity index (χ1n) is 12.7. The molecule has 0 N–H and O–H groups in total. The number of nitrogens with zero attached hydrogens (tertiary/aromatic N) is 4. The lowest BCUT2D eigenvalue weighted by atomic mass is 9.88. The molecule has 0 aliphatic carbocycles. The van der Waals surface area contributed by atoms with Gasteiger partial charge in [0, 0.05) is 44.2 Å². The van der Waals surface area contributed by atoms with Gasteiger partial charge in [0.1, 0.15) is 16.6 Å². The summed E-state index contributed by atoms with van der Waals surface area (Å²) in [4.78, 5) is 49.7. The van der Waals surface area contributed by atoms with E-state index in [1.807, 2.05) is 20.8 Å². The summed E-state index contributed by atoms with van der Waals surface area (Å²) in [5.41, 5.74) is -1.30. The molecule has 2 heterocycles. The standard InChI is InChI=1S/C26H38ClF3N4O5/c1-25(2,3)23-31-11-17(19(27)32-23)21(35)33(9-8-18(28)20(29)30)12-15-10-16(22(36)38-7)14-34(13-15)24(37)39-26(4,5)6/h11,15-16,18,20H,8-10,12-14H2,1-7H3/t15?,16-,18?/m1/s1. The van der Waals surface area contributed by atoms with Gasteiger partial charge in [0.15, 0.2) is 6.17 Å². The lowest BCUT2D eigenvalue weighted by molar-refractivity contribution is -0.148. The van der Waals surface area contributed by atoms with Crippen molar-refractivity contribution >= 4 is 29.6 Å². The number of alkyl halides is 3. The molecule has 1 aliphatic heterocycles. The number of carbonyl (C=O) groups excluding carboxylic acids is 3. The molecule has 1 fully saturated rings. The molecule has 1 aliphatic rings. The fourth-order valence-electron chi connectivity index (χ4n) is 4.18. The fraction of sp³-hybridized carbons (Fsp3) is 0.731. The van der Waals surface area contributed by atoms with Gasteiger partial charge in [0.25, 0.3) is 12.3 Å². The summed E-state index contributed by atoms with van der Waals surface area (Å²) in [7, 11) is 1.23. The highest BCUT2D eigenvalue weighted by atomic mass is 35.5. The van der Waals surface area contributed by atoms with E-state index in [1.165, 1.54) is 23.1 Å². The summed E-state index contributed by atoms with van der Waals surface area (Å²) < 4.78 is 50.0. The number of likely N-dealkylation sites (tertiary alicyclic amines) is 1. The van der Waals surface area contributed by atoms with E-state index in [1.54, 1.807) is 20.8 Å². The molecule has 2 unspecified atom stereocenters.